The van der Waals surface area contributed by atoms with Crippen LogP contribution in [-0.4, -0.2) is 74.4 Å². The zero-order chi connectivity index (χ0) is 25.8. The lowest BCUT2D eigenvalue weighted by atomic mass is 9.96. The van der Waals surface area contributed by atoms with E-state index >= 15 is 0 Å². The second-order valence-electron chi connectivity index (χ2n) is 9.53. The molecule has 35 heavy (non-hydrogen) atoms. The van der Waals surface area contributed by atoms with Crippen molar-refractivity contribution in [1.29, 1.82) is 0 Å². The number of nitrogens with one attached hydrogen (secondary N) is 1. The van der Waals surface area contributed by atoms with Crippen molar-refractivity contribution in [2.24, 2.45) is 11.5 Å². The first kappa shape index (κ1) is 28.3. The molecule has 2 aromatic carbocycles. The van der Waals surface area contributed by atoms with Gasteiger partial charge in [0.25, 0.3) is 5.91 Å². The minimum absolute atomic E-state index is 0.0466. The third kappa shape index (κ3) is 9.68. The van der Waals surface area contributed by atoms with Crippen molar-refractivity contribution < 1.29 is 23.9 Å². The van der Waals surface area contributed by atoms with E-state index in [-0.39, 0.29) is 5.91 Å². The van der Waals surface area contributed by atoms with Gasteiger partial charge in [-0.3, -0.25) is 9.59 Å². The highest BCUT2D eigenvalue weighted by atomic mass is 16.5. The first-order valence-corrected chi connectivity index (χ1v) is 12.3. The number of carboxylic acid groups (broad SMARTS) is 1. The summed E-state index contributed by atoms with van der Waals surface area (Å²) in [4.78, 5) is 23.0. The van der Waals surface area contributed by atoms with E-state index in [9.17, 15) is 9.59 Å². The molecule has 0 aliphatic carbocycles. The number of aliphatic carboxylic acids is 1. The molecule has 0 fully saturated rings. The molecule has 0 aromatic heterocycles. The maximum atomic E-state index is 12.1. The summed E-state index contributed by atoms with van der Waals surface area (Å²) in [7, 11) is 4.01. The van der Waals surface area contributed by atoms with Gasteiger partial charge in [-0.15, -0.1) is 0 Å². The van der Waals surface area contributed by atoms with Gasteiger partial charge in [-0.1, -0.05) is 37.3 Å². The molecule has 8 heteroatoms. The number of carbonyl (C=O) groups is 2. The molecule has 0 unspecified atom stereocenters. The summed E-state index contributed by atoms with van der Waals surface area (Å²) in [6.45, 7) is 5.10. The van der Waals surface area contributed by atoms with Crippen molar-refractivity contribution in [3.63, 3.8) is 0 Å². The monoisotopic (exact) mass is 485 g/mol. The highest BCUT2D eigenvalue weighted by molar-refractivity contribution is 5.77. The zero-order valence-electron chi connectivity index (χ0n) is 21.3. The molecular weight excluding hydrogens is 444 g/mol. The molecule has 2 aromatic rings. The van der Waals surface area contributed by atoms with Crippen LogP contribution in [0.3, 0.4) is 0 Å². The Balaban J connectivity index is 1.82. The number of aryl methyl sites for hydroxylation is 1. The Morgan fingerprint density at radius 3 is 2.46 bits per heavy atom. The summed E-state index contributed by atoms with van der Waals surface area (Å²) >= 11 is 0. The lowest BCUT2D eigenvalue weighted by Crippen LogP contribution is -2.49. The molecule has 192 valence electrons. The number of nitrogens with zero attached hydrogens (tertiary/aromatic N) is 1. The molecule has 1 amide bonds. The predicted molar refractivity (Wildman–Crippen MR) is 139 cm³/mol. The van der Waals surface area contributed by atoms with Gasteiger partial charge < -0.3 is 31.1 Å². The van der Waals surface area contributed by atoms with Crippen molar-refractivity contribution in [2.45, 2.75) is 38.6 Å². The van der Waals surface area contributed by atoms with Gasteiger partial charge in [0.05, 0.1) is 27.2 Å². The molecule has 1 atom stereocenters. The molecule has 6 N–H and O–H groups in total. The summed E-state index contributed by atoms with van der Waals surface area (Å²) in [5.41, 5.74) is 15.5. The molecule has 0 aliphatic rings. The van der Waals surface area contributed by atoms with Crippen molar-refractivity contribution in [3.8, 4) is 16.9 Å². The number of nitrogens with two attached hydrogens (primary N) is 2. The van der Waals surface area contributed by atoms with Crippen LogP contribution in [0.15, 0.2) is 42.5 Å². The number of hydrogen-bond donors (Lipinski definition) is 4. The maximum Gasteiger partial charge on any atom is 0.320 e. The topological polar surface area (TPSA) is 128 Å². The van der Waals surface area contributed by atoms with Crippen LogP contribution in [0.5, 0.6) is 5.75 Å². The Labute approximate surface area is 208 Å². The normalized spacial score (nSPS) is 12.3. The number of unbranched alkanes of at least 4 members (excludes halogenated alkanes) is 1. The van der Waals surface area contributed by atoms with E-state index in [0.29, 0.717) is 37.1 Å². The third-order valence-electron chi connectivity index (χ3n) is 5.96. The third-order valence-corrected chi connectivity index (χ3v) is 5.96. The second kappa shape index (κ2) is 13.8. The number of benzene rings is 2. The van der Waals surface area contributed by atoms with E-state index < -0.39 is 12.0 Å². The Hall–Kier alpha value is -2.94. The first-order valence-electron chi connectivity index (χ1n) is 12.3. The minimum Gasteiger partial charge on any atom is -0.494 e. The number of likely N-dealkylation sites (N-methyl/N-ethyl adjacent to an activating group) is 1. The smallest absolute Gasteiger partial charge is 0.320 e. The van der Waals surface area contributed by atoms with E-state index in [1.807, 2.05) is 44.4 Å². The average molecular weight is 486 g/mol. The predicted octanol–water partition coefficient (Wildman–Crippen LogP) is 2.18. The fraction of sp³-hybridized carbons (Fsp3) is 0.481. The summed E-state index contributed by atoms with van der Waals surface area (Å²) in [5.74, 6) is -0.116. The van der Waals surface area contributed by atoms with Gasteiger partial charge in [-0.05, 0) is 60.1 Å². The summed E-state index contributed by atoms with van der Waals surface area (Å²) in [6.07, 6.45) is 2.87. The van der Waals surface area contributed by atoms with E-state index in [1.165, 1.54) is 5.56 Å². The molecule has 8 nitrogen and oxygen atoms in total. The highest BCUT2D eigenvalue weighted by Crippen LogP contribution is 2.28. The fourth-order valence-electron chi connectivity index (χ4n) is 3.91. The molecule has 0 spiro atoms. The van der Waals surface area contributed by atoms with Crippen LogP contribution in [0.2, 0.25) is 0 Å². The Kier molecular flexibility index (Phi) is 11.2. The van der Waals surface area contributed by atoms with Crippen molar-refractivity contribution in [3.05, 3.63) is 53.6 Å². The van der Waals surface area contributed by atoms with Crippen LogP contribution >= 0.6 is 0 Å². The number of quaternary nitrogens is 1. The number of rotatable bonds is 15. The number of carbonyl (C=O) groups excluding carboxylic acids is 1. The molecule has 0 heterocycles. The zero-order valence-corrected chi connectivity index (χ0v) is 21.3. The lowest BCUT2D eigenvalue weighted by molar-refractivity contribution is -0.881. The highest BCUT2D eigenvalue weighted by Gasteiger charge is 2.18. The average Bonchev–Trinajstić information content (AvgIpc) is 2.81. The number of hydrogen-bond acceptors (Lipinski definition) is 5. The standard InChI is InChI=1S/C27H40N4O4/c1-4-21-18-23(35-16-6-5-14-30-26(32)19-31(2,3)15-13-28)11-12-24(21)22-9-7-20(8-10-22)17-25(29)27(33)34/h7-12,18,25H,4-6,13-17,19,28-29H2,1-3H3,(H-,30,32,33,34)/p+1/t25-/m0/s1. The van der Waals surface area contributed by atoms with Gasteiger partial charge in [-0.25, -0.2) is 0 Å². The van der Waals surface area contributed by atoms with Gasteiger partial charge >= 0.3 is 5.97 Å². The van der Waals surface area contributed by atoms with E-state index in [4.69, 9.17) is 21.3 Å². The molecule has 2 rings (SSSR count). The van der Waals surface area contributed by atoms with Crippen molar-refractivity contribution in [1.82, 2.24) is 5.32 Å². The van der Waals surface area contributed by atoms with Gasteiger partial charge in [0.2, 0.25) is 0 Å². The molecule has 0 saturated carbocycles. The van der Waals surface area contributed by atoms with E-state index in [0.717, 1.165) is 48.2 Å². The molecular formula is C27H41N4O4+. The summed E-state index contributed by atoms with van der Waals surface area (Å²) in [5, 5.41) is 12.0. The summed E-state index contributed by atoms with van der Waals surface area (Å²) < 4.78 is 6.53. The van der Waals surface area contributed by atoms with Gasteiger partial charge in [0.1, 0.15) is 11.8 Å². The van der Waals surface area contributed by atoms with Crippen LogP contribution in [0.25, 0.3) is 11.1 Å². The van der Waals surface area contributed by atoms with Crippen LogP contribution in [0.1, 0.15) is 30.9 Å². The SMILES string of the molecule is CCc1cc(OCCCCNC(=O)C[N+](C)(C)CCN)ccc1-c1ccc(C[C@H](N)C(=O)O)cc1. The first-order chi connectivity index (χ1) is 16.6. The summed E-state index contributed by atoms with van der Waals surface area (Å²) in [6, 6.07) is 13.1. The Morgan fingerprint density at radius 1 is 1.11 bits per heavy atom. The van der Waals surface area contributed by atoms with Gasteiger partial charge in [-0.2, -0.15) is 0 Å². The van der Waals surface area contributed by atoms with Crippen LogP contribution < -0.4 is 21.5 Å². The number of carboxylic acids is 1. The minimum atomic E-state index is -0.996. The maximum absolute atomic E-state index is 12.1. The van der Waals surface area contributed by atoms with Crippen molar-refractivity contribution >= 4 is 11.9 Å². The molecule has 0 bridgehead atoms. The Morgan fingerprint density at radius 2 is 1.83 bits per heavy atom. The van der Waals surface area contributed by atoms with Crippen molar-refractivity contribution in [2.75, 3.05) is 46.9 Å². The number of amides is 1. The van der Waals surface area contributed by atoms with Crippen LogP contribution in [0.4, 0.5) is 0 Å². The number of ether oxygens (including phenoxy) is 1. The van der Waals surface area contributed by atoms with E-state index in [2.05, 4.69) is 24.4 Å². The molecule has 0 aliphatic heterocycles. The quantitative estimate of drug-likeness (QED) is 0.226. The largest absolute Gasteiger partial charge is 0.494 e. The molecule has 0 radical (unpaired) electrons. The van der Waals surface area contributed by atoms with E-state index in [1.54, 1.807) is 0 Å². The fourth-order valence-corrected chi connectivity index (χ4v) is 3.91. The molecule has 0 saturated heterocycles. The Bertz CT molecular complexity index is 960. The second-order valence-corrected chi connectivity index (χ2v) is 9.53. The van der Waals surface area contributed by atoms with Gasteiger partial charge in [0.15, 0.2) is 6.54 Å². The van der Waals surface area contributed by atoms with Crippen LogP contribution in [0, 0.1) is 0 Å². The van der Waals surface area contributed by atoms with Gasteiger partial charge in [0, 0.05) is 13.1 Å². The van der Waals surface area contributed by atoms with Crippen LogP contribution in [-0.2, 0) is 22.4 Å². The lowest BCUT2D eigenvalue weighted by Gasteiger charge is -2.28.